The standard InChI is InChI=1S/C16H24N2O2/c1-11-4-7-14(12(2)17-3)15(8-11)20-10-16(19)18-9-13-5-6-13/h4,7-8,12-13,17H,5-6,9-10H2,1-3H3,(H,18,19). The van der Waals surface area contributed by atoms with Crippen molar-refractivity contribution in [2.75, 3.05) is 20.2 Å². The Balaban J connectivity index is 1.92. The third-order valence-corrected chi connectivity index (χ3v) is 3.71. The first-order valence-electron chi connectivity index (χ1n) is 7.27. The van der Waals surface area contributed by atoms with E-state index in [-0.39, 0.29) is 18.6 Å². The van der Waals surface area contributed by atoms with Crippen molar-refractivity contribution in [3.63, 3.8) is 0 Å². The molecular formula is C16H24N2O2. The van der Waals surface area contributed by atoms with Gasteiger partial charge in [0.1, 0.15) is 5.75 Å². The predicted octanol–water partition coefficient (Wildman–Crippen LogP) is 2.18. The second-order valence-corrected chi connectivity index (χ2v) is 5.59. The number of amides is 1. The number of carbonyl (C=O) groups is 1. The summed E-state index contributed by atoms with van der Waals surface area (Å²) in [6.45, 7) is 4.97. The van der Waals surface area contributed by atoms with Crippen LogP contribution in [-0.2, 0) is 4.79 Å². The van der Waals surface area contributed by atoms with Crippen molar-refractivity contribution in [3.8, 4) is 5.75 Å². The molecule has 2 N–H and O–H groups in total. The lowest BCUT2D eigenvalue weighted by molar-refractivity contribution is -0.123. The molecule has 0 radical (unpaired) electrons. The van der Waals surface area contributed by atoms with Gasteiger partial charge in [0.05, 0.1) is 0 Å². The summed E-state index contributed by atoms with van der Waals surface area (Å²) in [4.78, 5) is 11.7. The van der Waals surface area contributed by atoms with Crippen LogP contribution in [0.3, 0.4) is 0 Å². The molecule has 1 saturated carbocycles. The van der Waals surface area contributed by atoms with Crippen LogP contribution in [0.15, 0.2) is 18.2 Å². The molecule has 0 saturated heterocycles. The minimum Gasteiger partial charge on any atom is -0.483 e. The highest BCUT2D eigenvalue weighted by Gasteiger charge is 2.21. The highest BCUT2D eigenvalue weighted by atomic mass is 16.5. The van der Waals surface area contributed by atoms with E-state index >= 15 is 0 Å². The Labute approximate surface area is 120 Å². The van der Waals surface area contributed by atoms with Gasteiger partial charge >= 0.3 is 0 Å². The number of carbonyl (C=O) groups excluding carboxylic acids is 1. The molecule has 1 atom stereocenters. The van der Waals surface area contributed by atoms with E-state index in [2.05, 4.69) is 23.6 Å². The molecule has 1 aliphatic rings. The largest absolute Gasteiger partial charge is 0.483 e. The van der Waals surface area contributed by atoms with Gasteiger partial charge in [-0.05, 0) is 51.3 Å². The summed E-state index contributed by atoms with van der Waals surface area (Å²) in [5.74, 6) is 1.44. The van der Waals surface area contributed by atoms with Crippen LogP contribution in [0.25, 0.3) is 0 Å². The normalized spacial score (nSPS) is 15.8. The lowest BCUT2D eigenvalue weighted by Crippen LogP contribution is -2.30. The van der Waals surface area contributed by atoms with Crippen LogP contribution < -0.4 is 15.4 Å². The number of hydrogen-bond acceptors (Lipinski definition) is 3. The summed E-state index contributed by atoms with van der Waals surface area (Å²) < 4.78 is 5.70. The van der Waals surface area contributed by atoms with E-state index in [9.17, 15) is 4.79 Å². The highest BCUT2D eigenvalue weighted by molar-refractivity contribution is 5.77. The third kappa shape index (κ3) is 4.23. The number of aryl methyl sites for hydroxylation is 1. The molecule has 4 heteroatoms. The lowest BCUT2D eigenvalue weighted by Gasteiger charge is -2.17. The van der Waals surface area contributed by atoms with E-state index in [4.69, 9.17) is 4.74 Å². The van der Waals surface area contributed by atoms with E-state index in [0.29, 0.717) is 5.92 Å². The maximum atomic E-state index is 11.7. The molecule has 1 unspecified atom stereocenters. The van der Waals surface area contributed by atoms with Gasteiger partial charge in [0.25, 0.3) is 5.91 Å². The van der Waals surface area contributed by atoms with Gasteiger partial charge in [-0.3, -0.25) is 4.79 Å². The molecule has 110 valence electrons. The first-order chi connectivity index (χ1) is 9.60. The van der Waals surface area contributed by atoms with Crippen LogP contribution >= 0.6 is 0 Å². The Morgan fingerprint density at radius 1 is 1.45 bits per heavy atom. The van der Waals surface area contributed by atoms with E-state index in [1.807, 2.05) is 26.1 Å². The average molecular weight is 276 g/mol. The van der Waals surface area contributed by atoms with Crippen molar-refractivity contribution in [1.82, 2.24) is 10.6 Å². The van der Waals surface area contributed by atoms with Crippen molar-refractivity contribution in [3.05, 3.63) is 29.3 Å². The fourth-order valence-corrected chi connectivity index (χ4v) is 2.05. The Morgan fingerprint density at radius 3 is 2.85 bits per heavy atom. The zero-order chi connectivity index (χ0) is 14.5. The summed E-state index contributed by atoms with van der Waals surface area (Å²) >= 11 is 0. The van der Waals surface area contributed by atoms with Gasteiger partial charge in [-0.15, -0.1) is 0 Å². The molecule has 0 bridgehead atoms. The first-order valence-corrected chi connectivity index (χ1v) is 7.27. The summed E-state index contributed by atoms with van der Waals surface area (Å²) in [5, 5.41) is 6.11. The summed E-state index contributed by atoms with van der Waals surface area (Å²) in [7, 11) is 1.91. The molecule has 0 spiro atoms. The maximum absolute atomic E-state index is 11.7. The van der Waals surface area contributed by atoms with Crippen molar-refractivity contribution in [1.29, 1.82) is 0 Å². The Morgan fingerprint density at radius 2 is 2.20 bits per heavy atom. The van der Waals surface area contributed by atoms with Crippen molar-refractivity contribution in [2.45, 2.75) is 32.7 Å². The molecule has 0 heterocycles. The van der Waals surface area contributed by atoms with Crippen LogP contribution in [0.5, 0.6) is 5.75 Å². The second-order valence-electron chi connectivity index (χ2n) is 5.59. The fourth-order valence-electron chi connectivity index (χ4n) is 2.05. The van der Waals surface area contributed by atoms with Crippen LogP contribution in [0, 0.1) is 12.8 Å². The van der Waals surface area contributed by atoms with Gasteiger partial charge in [-0.1, -0.05) is 12.1 Å². The molecule has 0 aliphatic heterocycles. The van der Waals surface area contributed by atoms with E-state index in [1.54, 1.807) is 0 Å². The highest BCUT2D eigenvalue weighted by Crippen LogP contribution is 2.28. The molecule has 20 heavy (non-hydrogen) atoms. The molecule has 1 aliphatic carbocycles. The molecular weight excluding hydrogens is 252 g/mol. The topological polar surface area (TPSA) is 50.4 Å². The Hall–Kier alpha value is -1.55. The summed E-state index contributed by atoms with van der Waals surface area (Å²) in [6.07, 6.45) is 2.48. The van der Waals surface area contributed by atoms with Gasteiger partial charge in [0.15, 0.2) is 6.61 Å². The van der Waals surface area contributed by atoms with Crippen LogP contribution in [0.1, 0.15) is 36.9 Å². The first kappa shape index (κ1) is 14.9. The minimum absolute atomic E-state index is 0.0403. The molecule has 4 nitrogen and oxygen atoms in total. The van der Waals surface area contributed by atoms with Crippen LogP contribution in [0.2, 0.25) is 0 Å². The zero-order valence-electron chi connectivity index (χ0n) is 12.5. The van der Waals surface area contributed by atoms with E-state index in [0.717, 1.165) is 23.4 Å². The van der Waals surface area contributed by atoms with Gasteiger partial charge < -0.3 is 15.4 Å². The lowest BCUT2D eigenvalue weighted by atomic mass is 10.1. The van der Waals surface area contributed by atoms with Crippen molar-refractivity contribution >= 4 is 5.91 Å². The molecule has 1 aromatic rings. The number of ether oxygens (including phenoxy) is 1. The zero-order valence-corrected chi connectivity index (χ0v) is 12.5. The van der Waals surface area contributed by atoms with E-state index in [1.165, 1.54) is 12.8 Å². The molecule has 1 amide bonds. The van der Waals surface area contributed by atoms with Crippen LogP contribution in [0.4, 0.5) is 0 Å². The van der Waals surface area contributed by atoms with Crippen LogP contribution in [-0.4, -0.2) is 26.1 Å². The van der Waals surface area contributed by atoms with Crippen molar-refractivity contribution in [2.24, 2.45) is 5.92 Å². The maximum Gasteiger partial charge on any atom is 0.257 e. The second kappa shape index (κ2) is 6.75. The third-order valence-electron chi connectivity index (χ3n) is 3.71. The summed E-state index contributed by atoms with van der Waals surface area (Å²) in [5.41, 5.74) is 2.21. The van der Waals surface area contributed by atoms with E-state index < -0.39 is 0 Å². The van der Waals surface area contributed by atoms with Gasteiger partial charge in [-0.2, -0.15) is 0 Å². The number of hydrogen-bond donors (Lipinski definition) is 2. The quantitative estimate of drug-likeness (QED) is 0.802. The Kier molecular flexibility index (Phi) is 5.01. The minimum atomic E-state index is -0.0403. The molecule has 1 fully saturated rings. The van der Waals surface area contributed by atoms with Gasteiger partial charge in [0.2, 0.25) is 0 Å². The van der Waals surface area contributed by atoms with Gasteiger partial charge in [0, 0.05) is 18.2 Å². The number of rotatable bonds is 7. The molecule has 0 aromatic heterocycles. The summed E-state index contributed by atoms with van der Waals surface area (Å²) in [6, 6.07) is 6.29. The SMILES string of the molecule is CNC(C)c1ccc(C)cc1OCC(=O)NCC1CC1. The average Bonchev–Trinajstić information content (AvgIpc) is 3.26. The van der Waals surface area contributed by atoms with Crippen molar-refractivity contribution < 1.29 is 9.53 Å². The molecule has 1 aromatic carbocycles. The van der Waals surface area contributed by atoms with Gasteiger partial charge in [-0.25, -0.2) is 0 Å². The fraction of sp³-hybridized carbons (Fsp3) is 0.562. The number of benzene rings is 1. The Bertz CT molecular complexity index is 470. The smallest absolute Gasteiger partial charge is 0.257 e. The predicted molar refractivity (Wildman–Crippen MR) is 79.9 cm³/mol. The molecule has 2 rings (SSSR count). The monoisotopic (exact) mass is 276 g/mol. The number of nitrogens with one attached hydrogen (secondary N) is 2.